The van der Waals surface area contributed by atoms with Gasteiger partial charge in [-0.15, -0.1) is 11.3 Å². The van der Waals surface area contributed by atoms with E-state index in [1.165, 1.54) is 22.3 Å². The van der Waals surface area contributed by atoms with Crippen molar-refractivity contribution >= 4 is 34.4 Å². The van der Waals surface area contributed by atoms with Gasteiger partial charge in [0.05, 0.1) is 5.69 Å². The van der Waals surface area contributed by atoms with Gasteiger partial charge >= 0.3 is 0 Å². The topological polar surface area (TPSA) is 71.5 Å². The first-order valence-electron chi connectivity index (χ1n) is 8.90. The zero-order valence-electron chi connectivity index (χ0n) is 15.7. The van der Waals surface area contributed by atoms with E-state index in [9.17, 15) is 9.59 Å². The highest BCUT2D eigenvalue weighted by Crippen LogP contribution is 2.14. The molecule has 2 amide bonds. The van der Waals surface area contributed by atoms with Crippen molar-refractivity contribution in [3.05, 3.63) is 53.0 Å². The van der Waals surface area contributed by atoms with Crippen LogP contribution in [0.4, 0.5) is 5.13 Å². The maximum Gasteiger partial charge on any atom is 0.247 e. The van der Waals surface area contributed by atoms with Crippen LogP contribution in [0.3, 0.4) is 0 Å². The van der Waals surface area contributed by atoms with Gasteiger partial charge in [0.1, 0.15) is 6.54 Å². The largest absolute Gasteiger partial charge is 0.382 e. The second kappa shape index (κ2) is 11.3. The van der Waals surface area contributed by atoms with Gasteiger partial charge in [-0.25, -0.2) is 4.98 Å². The molecule has 0 aliphatic heterocycles. The number of rotatable bonds is 10. The summed E-state index contributed by atoms with van der Waals surface area (Å²) in [6, 6.07) is 9.58. The lowest BCUT2D eigenvalue weighted by Crippen LogP contribution is -2.38. The van der Waals surface area contributed by atoms with Gasteiger partial charge in [-0.2, -0.15) is 0 Å². The number of aryl methyl sites for hydroxylation is 1. The number of ether oxygens (including phenoxy) is 1. The van der Waals surface area contributed by atoms with Crippen molar-refractivity contribution in [2.75, 3.05) is 31.6 Å². The van der Waals surface area contributed by atoms with Crippen LogP contribution in [0.25, 0.3) is 6.08 Å². The number of anilines is 1. The SMILES string of the molecule is CCOCCCN(CC(=O)Nc1nc(C)cs1)C(=O)C=Cc1ccccc1. The molecule has 6 nitrogen and oxygen atoms in total. The fraction of sp³-hybridized carbons (Fsp3) is 0.350. The van der Waals surface area contributed by atoms with Crippen LogP contribution in [-0.2, 0) is 14.3 Å². The first-order valence-corrected chi connectivity index (χ1v) is 9.78. The number of hydrogen-bond donors (Lipinski definition) is 1. The molecule has 144 valence electrons. The molecule has 0 bridgehead atoms. The first kappa shape index (κ1) is 20.8. The summed E-state index contributed by atoms with van der Waals surface area (Å²) < 4.78 is 5.33. The van der Waals surface area contributed by atoms with Crippen molar-refractivity contribution in [2.24, 2.45) is 0 Å². The van der Waals surface area contributed by atoms with Crippen molar-refractivity contribution in [2.45, 2.75) is 20.3 Å². The third-order valence-corrected chi connectivity index (χ3v) is 4.53. The number of nitrogens with one attached hydrogen (secondary N) is 1. The molecule has 0 radical (unpaired) electrons. The van der Waals surface area contributed by atoms with Gasteiger partial charge in [0, 0.05) is 31.2 Å². The van der Waals surface area contributed by atoms with Crippen LogP contribution in [0.5, 0.6) is 0 Å². The molecular formula is C20H25N3O3S. The Morgan fingerprint density at radius 2 is 2.07 bits per heavy atom. The second-order valence-corrected chi connectivity index (χ2v) is 6.75. The van der Waals surface area contributed by atoms with Gasteiger partial charge < -0.3 is 15.0 Å². The Morgan fingerprint density at radius 3 is 2.74 bits per heavy atom. The molecule has 2 rings (SSSR count). The molecule has 0 spiro atoms. The zero-order chi connectivity index (χ0) is 19.5. The normalized spacial score (nSPS) is 10.9. The van der Waals surface area contributed by atoms with E-state index < -0.39 is 0 Å². The second-order valence-electron chi connectivity index (χ2n) is 5.90. The molecular weight excluding hydrogens is 362 g/mol. The Labute approximate surface area is 163 Å². The number of carbonyl (C=O) groups excluding carboxylic acids is 2. The highest BCUT2D eigenvalue weighted by atomic mass is 32.1. The minimum Gasteiger partial charge on any atom is -0.382 e. The van der Waals surface area contributed by atoms with Gasteiger partial charge in [-0.05, 0) is 31.9 Å². The number of aromatic nitrogens is 1. The minimum absolute atomic E-state index is 0.0251. The van der Waals surface area contributed by atoms with Crippen LogP contribution in [0.2, 0.25) is 0 Å². The Bertz CT molecular complexity index is 759. The van der Waals surface area contributed by atoms with Crippen LogP contribution in [0.1, 0.15) is 24.6 Å². The molecule has 0 saturated heterocycles. The van der Waals surface area contributed by atoms with Gasteiger partial charge in [0.25, 0.3) is 0 Å². The van der Waals surface area contributed by atoms with E-state index in [0.717, 1.165) is 11.3 Å². The summed E-state index contributed by atoms with van der Waals surface area (Å²) in [5, 5.41) is 5.15. The first-order chi connectivity index (χ1) is 13.1. The molecule has 2 aromatic rings. The van der Waals surface area contributed by atoms with E-state index in [1.54, 1.807) is 6.08 Å². The van der Waals surface area contributed by atoms with E-state index in [1.807, 2.05) is 49.6 Å². The zero-order valence-corrected chi connectivity index (χ0v) is 16.5. The Morgan fingerprint density at radius 1 is 1.30 bits per heavy atom. The standard InChI is InChI=1S/C20H25N3O3S/c1-3-26-13-7-12-23(14-18(24)22-20-21-16(2)15-27-20)19(25)11-10-17-8-5-4-6-9-17/h4-6,8-11,15H,3,7,12-14H2,1-2H3,(H,21,22,24). The maximum atomic E-state index is 12.6. The van der Waals surface area contributed by atoms with Crippen molar-refractivity contribution in [1.82, 2.24) is 9.88 Å². The summed E-state index contributed by atoms with van der Waals surface area (Å²) in [5.41, 5.74) is 1.79. The van der Waals surface area contributed by atoms with E-state index >= 15 is 0 Å². The number of carbonyl (C=O) groups is 2. The monoisotopic (exact) mass is 387 g/mol. The fourth-order valence-corrected chi connectivity index (χ4v) is 3.05. The van der Waals surface area contributed by atoms with Gasteiger partial charge in [-0.3, -0.25) is 9.59 Å². The van der Waals surface area contributed by atoms with Gasteiger partial charge in [0.2, 0.25) is 11.8 Å². The average molecular weight is 388 g/mol. The van der Waals surface area contributed by atoms with Crippen LogP contribution in [0, 0.1) is 6.92 Å². The molecule has 1 aromatic heterocycles. The minimum atomic E-state index is -0.262. The maximum absolute atomic E-state index is 12.6. The highest BCUT2D eigenvalue weighted by Gasteiger charge is 2.16. The molecule has 0 atom stereocenters. The summed E-state index contributed by atoms with van der Waals surface area (Å²) >= 11 is 1.36. The van der Waals surface area contributed by atoms with Gasteiger partial charge in [0.15, 0.2) is 5.13 Å². The quantitative estimate of drug-likeness (QED) is 0.501. The predicted octanol–water partition coefficient (Wildman–Crippen LogP) is 3.36. The smallest absolute Gasteiger partial charge is 0.247 e. The summed E-state index contributed by atoms with van der Waals surface area (Å²) in [6.45, 7) is 5.39. The summed E-state index contributed by atoms with van der Waals surface area (Å²) in [5.74, 6) is -0.469. The van der Waals surface area contributed by atoms with Crippen molar-refractivity contribution in [1.29, 1.82) is 0 Å². The van der Waals surface area contributed by atoms with Crippen LogP contribution in [-0.4, -0.2) is 48.0 Å². The van der Waals surface area contributed by atoms with Crippen LogP contribution in [0.15, 0.2) is 41.8 Å². The lowest BCUT2D eigenvalue weighted by Gasteiger charge is -2.20. The van der Waals surface area contributed by atoms with Gasteiger partial charge in [-0.1, -0.05) is 30.3 Å². The third kappa shape index (κ3) is 7.72. The van der Waals surface area contributed by atoms with E-state index in [2.05, 4.69) is 10.3 Å². The average Bonchev–Trinajstić information content (AvgIpc) is 3.07. The molecule has 0 saturated carbocycles. The number of amides is 2. The Balaban J connectivity index is 1.97. The Kier molecular flexibility index (Phi) is 8.67. The molecule has 0 aliphatic carbocycles. The van der Waals surface area contributed by atoms with Crippen molar-refractivity contribution in [3.63, 3.8) is 0 Å². The molecule has 0 fully saturated rings. The molecule has 7 heteroatoms. The lowest BCUT2D eigenvalue weighted by atomic mass is 10.2. The Hall–Kier alpha value is -2.51. The molecule has 0 aliphatic rings. The number of nitrogens with zero attached hydrogens (tertiary/aromatic N) is 2. The fourth-order valence-electron chi connectivity index (χ4n) is 2.35. The van der Waals surface area contributed by atoms with Crippen molar-refractivity contribution in [3.8, 4) is 0 Å². The summed E-state index contributed by atoms with van der Waals surface area (Å²) in [7, 11) is 0. The van der Waals surface area contributed by atoms with Crippen molar-refractivity contribution < 1.29 is 14.3 Å². The highest BCUT2D eigenvalue weighted by molar-refractivity contribution is 7.13. The van der Waals surface area contributed by atoms with E-state index in [4.69, 9.17) is 4.74 Å². The van der Waals surface area contributed by atoms with Crippen LogP contribution >= 0.6 is 11.3 Å². The summed E-state index contributed by atoms with van der Waals surface area (Å²) in [4.78, 5) is 30.6. The number of thiazole rings is 1. The molecule has 27 heavy (non-hydrogen) atoms. The number of benzene rings is 1. The molecule has 1 heterocycles. The van der Waals surface area contributed by atoms with Crippen LogP contribution < -0.4 is 5.32 Å². The summed E-state index contributed by atoms with van der Waals surface area (Å²) in [6.07, 6.45) is 3.92. The van der Waals surface area contributed by atoms with E-state index in [-0.39, 0.29) is 18.4 Å². The lowest BCUT2D eigenvalue weighted by molar-refractivity contribution is -0.130. The third-order valence-electron chi connectivity index (χ3n) is 3.65. The molecule has 1 aromatic carbocycles. The predicted molar refractivity (Wildman–Crippen MR) is 109 cm³/mol. The molecule has 1 N–H and O–H groups in total. The number of hydrogen-bond acceptors (Lipinski definition) is 5. The van der Waals surface area contributed by atoms with E-state index in [0.29, 0.717) is 31.3 Å². The molecule has 0 unspecified atom stereocenters.